The van der Waals surface area contributed by atoms with Gasteiger partial charge in [0, 0.05) is 25.2 Å². The van der Waals surface area contributed by atoms with Gasteiger partial charge in [0.25, 0.3) is 5.91 Å². The number of amides is 1. The summed E-state index contributed by atoms with van der Waals surface area (Å²) in [7, 11) is 1.84. The van der Waals surface area contributed by atoms with E-state index in [2.05, 4.69) is 5.32 Å². The van der Waals surface area contributed by atoms with E-state index in [1.54, 1.807) is 29.2 Å². The first kappa shape index (κ1) is 14.8. The van der Waals surface area contributed by atoms with Crippen LogP contribution in [0.2, 0.25) is 0 Å². The monoisotopic (exact) mass is 270 g/mol. The fraction of sp³-hybridized carbons (Fsp3) is 0.462. The highest BCUT2D eigenvalue weighted by atomic mass is 35.5. The highest BCUT2D eigenvalue weighted by molar-refractivity contribution is 5.94. The van der Waals surface area contributed by atoms with Crippen LogP contribution in [0.25, 0.3) is 0 Å². The van der Waals surface area contributed by atoms with Gasteiger partial charge < -0.3 is 15.3 Å². The number of phenolic OH excluding ortho intramolecular Hbond substituents is 1. The molecule has 4 nitrogen and oxygen atoms in total. The highest BCUT2D eigenvalue weighted by Crippen LogP contribution is 2.15. The minimum Gasteiger partial charge on any atom is -0.508 e. The summed E-state index contributed by atoms with van der Waals surface area (Å²) in [5.74, 6) is 0.197. The van der Waals surface area contributed by atoms with E-state index in [4.69, 9.17) is 0 Å². The van der Waals surface area contributed by atoms with Crippen LogP contribution >= 0.6 is 12.4 Å². The number of piperidine rings is 1. The zero-order chi connectivity index (χ0) is 12.3. The summed E-state index contributed by atoms with van der Waals surface area (Å²) in [5, 5.41) is 12.5. The number of phenols is 1. The van der Waals surface area contributed by atoms with Gasteiger partial charge in [0.05, 0.1) is 0 Å². The van der Waals surface area contributed by atoms with E-state index < -0.39 is 0 Å². The maximum Gasteiger partial charge on any atom is 0.253 e. The van der Waals surface area contributed by atoms with Gasteiger partial charge in [-0.15, -0.1) is 12.4 Å². The van der Waals surface area contributed by atoms with Crippen molar-refractivity contribution >= 4 is 18.3 Å². The Morgan fingerprint density at radius 2 is 2.06 bits per heavy atom. The minimum absolute atomic E-state index is 0. The molecule has 1 atom stereocenters. The van der Waals surface area contributed by atoms with Gasteiger partial charge in [-0.25, -0.2) is 0 Å². The molecule has 1 amide bonds. The Bertz CT molecular complexity index is 388. The van der Waals surface area contributed by atoms with E-state index in [0.29, 0.717) is 5.56 Å². The summed E-state index contributed by atoms with van der Waals surface area (Å²) < 4.78 is 0. The van der Waals surface area contributed by atoms with Gasteiger partial charge in [-0.1, -0.05) is 0 Å². The summed E-state index contributed by atoms with van der Waals surface area (Å²) in [6, 6.07) is 6.67. The van der Waals surface area contributed by atoms with Crippen molar-refractivity contribution in [2.45, 2.75) is 18.9 Å². The summed E-state index contributed by atoms with van der Waals surface area (Å²) in [6.45, 7) is 1.90. The van der Waals surface area contributed by atoms with Gasteiger partial charge in [-0.2, -0.15) is 0 Å². The Balaban J connectivity index is 0.00000162. The third kappa shape index (κ3) is 3.37. The maximum absolute atomic E-state index is 12.2. The number of halogens is 1. The molecule has 0 aromatic heterocycles. The highest BCUT2D eigenvalue weighted by Gasteiger charge is 2.22. The molecule has 0 aliphatic carbocycles. The predicted molar refractivity (Wildman–Crippen MR) is 73.3 cm³/mol. The molecule has 0 bridgehead atoms. The van der Waals surface area contributed by atoms with Gasteiger partial charge >= 0.3 is 0 Å². The fourth-order valence-electron chi connectivity index (χ4n) is 2.14. The summed E-state index contributed by atoms with van der Waals surface area (Å²) >= 11 is 0. The van der Waals surface area contributed by atoms with Gasteiger partial charge in [-0.05, 0) is 43.7 Å². The number of hydrogen-bond donors (Lipinski definition) is 2. The molecular weight excluding hydrogens is 252 g/mol. The molecule has 18 heavy (non-hydrogen) atoms. The summed E-state index contributed by atoms with van der Waals surface area (Å²) in [5.41, 5.74) is 0.621. The van der Waals surface area contributed by atoms with Crippen molar-refractivity contribution in [3.63, 3.8) is 0 Å². The second-order valence-corrected chi connectivity index (χ2v) is 4.46. The molecule has 1 heterocycles. The smallest absolute Gasteiger partial charge is 0.253 e. The molecule has 1 aliphatic heterocycles. The van der Waals surface area contributed by atoms with Gasteiger partial charge in [0.1, 0.15) is 5.75 Å². The first-order valence-electron chi connectivity index (χ1n) is 5.95. The van der Waals surface area contributed by atoms with Gasteiger partial charge in [0.2, 0.25) is 0 Å². The van der Waals surface area contributed by atoms with Crippen molar-refractivity contribution in [1.29, 1.82) is 0 Å². The number of carbonyl (C=O) groups excluding carboxylic acids is 1. The zero-order valence-corrected chi connectivity index (χ0v) is 11.2. The number of nitrogens with zero attached hydrogens (tertiary/aromatic N) is 1. The zero-order valence-electron chi connectivity index (χ0n) is 10.4. The quantitative estimate of drug-likeness (QED) is 0.859. The average Bonchev–Trinajstić information content (AvgIpc) is 2.39. The number of aromatic hydroxyl groups is 1. The van der Waals surface area contributed by atoms with E-state index in [9.17, 15) is 9.90 Å². The lowest BCUT2D eigenvalue weighted by molar-refractivity contribution is 0.0708. The normalized spacial score (nSPS) is 18.8. The molecule has 2 N–H and O–H groups in total. The molecule has 1 aromatic rings. The Kier molecular flexibility index (Phi) is 5.44. The van der Waals surface area contributed by atoms with E-state index in [-0.39, 0.29) is 30.1 Å². The van der Waals surface area contributed by atoms with Crippen LogP contribution in [-0.2, 0) is 0 Å². The number of likely N-dealkylation sites (N-methyl/N-ethyl adjacent to an activating group) is 1. The van der Waals surface area contributed by atoms with Gasteiger partial charge in [-0.3, -0.25) is 4.79 Å². The summed E-state index contributed by atoms with van der Waals surface area (Å²) in [6.07, 6.45) is 2.16. The van der Waals surface area contributed by atoms with Crippen molar-refractivity contribution in [2.24, 2.45) is 0 Å². The molecule has 0 saturated carbocycles. The number of hydrogen-bond acceptors (Lipinski definition) is 3. The van der Waals surface area contributed by atoms with Crippen molar-refractivity contribution in [3.05, 3.63) is 29.8 Å². The van der Waals surface area contributed by atoms with E-state index in [0.717, 1.165) is 25.9 Å². The van der Waals surface area contributed by atoms with Crippen LogP contribution in [0.15, 0.2) is 24.3 Å². The molecule has 1 aliphatic rings. The second-order valence-electron chi connectivity index (χ2n) is 4.46. The van der Waals surface area contributed by atoms with E-state index in [1.165, 1.54) is 0 Å². The largest absolute Gasteiger partial charge is 0.508 e. The lowest BCUT2D eigenvalue weighted by Crippen LogP contribution is -2.46. The van der Waals surface area contributed by atoms with E-state index in [1.807, 2.05) is 7.05 Å². The molecular formula is C13H19ClN2O2. The number of carbonyl (C=O) groups is 1. The second kappa shape index (κ2) is 6.61. The van der Waals surface area contributed by atoms with Crippen molar-refractivity contribution in [2.75, 3.05) is 20.1 Å². The van der Waals surface area contributed by atoms with E-state index >= 15 is 0 Å². The van der Waals surface area contributed by atoms with Crippen molar-refractivity contribution in [1.82, 2.24) is 10.2 Å². The number of benzene rings is 1. The third-order valence-corrected chi connectivity index (χ3v) is 3.25. The Morgan fingerprint density at radius 3 is 2.61 bits per heavy atom. The van der Waals surface area contributed by atoms with Crippen LogP contribution < -0.4 is 5.32 Å². The third-order valence-electron chi connectivity index (χ3n) is 3.25. The van der Waals surface area contributed by atoms with Crippen LogP contribution in [0, 0.1) is 0 Å². The van der Waals surface area contributed by atoms with Crippen LogP contribution in [-0.4, -0.2) is 42.1 Å². The molecule has 0 radical (unpaired) electrons. The molecule has 5 heteroatoms. The Morgan fingerprint density at radius 1 is 1.39 bits per heavy atom. The van der Waals surface area contributed by atoms with Crippen LogP contribution in [0.1, 0.15) is 23.2 Å². The van der Waals surface area contributed by atoms with Crippen molar-refractivity contribution < 1.29 is 9.90 Å². The lowest BCUT2D eigenvalue weighted by Gasteiger charge is -2.31. The summed E-state index contributed by atoms with van der Waals surface area (Å²) in [4.78, 5) is 14.0. The molecule has 0 unspecified atom stereocenters. The van der Waals surface area contributed by atoms with Gasteiger partial charge in [0.15, 0.2) is 0 Å². The Labute approximate surface area is 113 Å². The molecule has 0 spiro atoms. The van der Waals surface area contributed by atoms with Crippen LogP contribution in [0.4, 0.5) is 0 Å². The average molecular weight is 271 g/mol. The first-order valence-corrected chi connectivity index (χ1v) is 5.95. The Hall–Kier alpha value is -1.26. The molecule has 100 valence electrons. The fourth-order valence-corrected chi connectivity index (χ4v) is 2.14. The maximum atomic E-state index is 12.2. The first-order chi connectivity index (χ1) is 8.18. The molecule has 1 saturated heterocycles. The molecule has 2 rings (SSSR count). The minimum atomic E-state index is 0. The molecule has 1 fully saturated rings. The van der Waals surface area contributed by atoms with Crippen molar-refractivity contribution in [3.8, 4) is 5.75 Å². The number of nitrogens with one attached hydrogen (secondary N) is 1. The van der Waals surface area contributed by atoms with Crippen LogP contribution in [0.3, 0.4) is 0 Å². The predicted octanol–water partition coefficient (Wildman–Crippen LogP) is 1.64. The SMILES string of the molecule is CN(C(=O)c1ccc(O)cc1)[C@@H]1CCCNC1.Cl. The standard InChI is InChI=1S/C13H18N2O2.ClH/c1-15(11-3-2-8-14-9-11)13(17)10-4-6-12(16)7-5-10;/h4-7,11,14,16H,2-3,8-9H2,1H3;1H/t11-;/m1./s1. The van der Waals surface area contributed by atoms with Crippen LogP contribution in [0.5, 0.6) is 5.75 Å². The lowest BCUT2D eigenvalue weighted by atomic mass is 10.1. The number of rotatable bonds is 2. The topological polar surface area (TPSA) is 52.6 Å². The molecule has 1 aromatic carbocycles.